The molecule has 0 aliphatic heterocycles. The molecule has 1 aromatic rings. The molecule has 0 heterocycles. The maximum atomic E-state index is 12.0. The summed E-state index contributed by atoms with van der Waals surface area (Å²) in [6.45, 7) is 1.01. The number of carboxylic acid groups (broad SMARTS) is 1. The van der Waals surface area contributed by atoms with E-state index >= 15 is 0 Å². The lowest BCUT2D eigenvalue weighted by atomic mass is 9.85. The van der Waals surface area contributed by atoms with E-state index in [4.69, 9.17) is 5.11 Å². The Morgan fingerprint density at radius 2 is 1.92 bits per heavy atom. The molecule has 0 saturated heterocycles. The number of amides is 1. The van der Waals surface area contributed by atoms with Crippen LogP contribution in [0.3, 0.4) is 0 Å². The second-order valence-electron chi connectivity index (χ2n) is 7.51. The Morgan fingerprint density at radius 3 is 2.58 bits per heavy atom. The second kappa shape index (κ2) is 8.99. The van der Waals surface area contributed by atoms with Crippen molar-refractivity contribution in [2.45, 2.75) is 50.6 Å². The molecule has 1 amide bonds. The number of carbonyl (C=O) groups excluding carboxylic acids is 1. The van der Waals surface area contributed by atoms with Gasteiger partial charge in [0, 0.05) is 25.0 Å². The number of benzene rings is 1. The van der Waals surface area contributed by atoms with Crippen LogP contribution in [0.15, 0.2) is 36.4 Å². The van der Waals surface area contributed by atoms with E-state index in [2.05, 4.69) is 10.2 Å². The predicted octanol–water partition coefficient (Wildman–Crippen LogP) is 2.92. The predicted molar refractivity (Wildman–Crippen MR) is 102 cm³/mol. The molecule has 0 bridgehead atoms. The van der Waals surface area contributed by atoms with Crippen LogP contribution in [0.4, 0.5) is 0 Å². The number of hydrogen-bond donors (Lipinski definition) is 2. The van der Waals surface area contributed by atoms with Gasteiger partial charge in [0.1, 0.15) is 0 Å². The topological polar surface area (TPSA) is 69.6 Å². The molecule has 2 saturated carbocycles. The first-order chi connectivity index (χ1) is 12.6. The monoisotopic (exact) mass is 356 g/mol. The van der Waals surface area contributed by atoms with Gasteiger partial charge in [0.2, 0.25) is 5.91 Å². The summed E-state index contributed by atoms with van der Waals surface area (Å²) in [5.41, 5.74) is 1.14. The Bertz CT molecular complexity index is 634. The second-order valence-corrected chi connectivity index (χ2v) is 7.51. The van der Waals surface area contributed by atoms with E-state index in [1.807, 2.05) is 42.5 Å². The van der Waals surface area contributed by atoms with Crippen LogP contribution < -0.4 is 5.32 Å². The fourth-order valence-electron chi connectivity index (χ4n) is 3.45. The van der Waals surface area contributed by atoms with Gasteiger partial charge in [-0.1, -0.05) is 42.5 Å². The van der Waals surface area contributed by atoms with Gasteiger partial charge in [-0.3, -0.25) is 14.5 Å². The van der Waals surface area contributed by atoms with Gasteiger partial charge in [-0.2, -0.15) is 0 Å². The van der Waals surface area contributed by atoms with Crippen molar-refractivity contribution in [2.75, 3.05) is 13.1 Å². The molecule has 0 spiro atoms. The van der Waals surface area contributed by atoms with Crippen LogP contribution in [0, 0.1) is 5.92 Å². The van der Waals surface area contributed by atoms with Crippen molar-refractivity contribution in [2.24, 2.45) is 5.92 Å². The maximum absolute atomic E-state index is 12.0. The molecule has 0 atom stereocenters. The van der Waals surface area contributed by atoms with Gasteiger partial charge in [0.15, 0.2) is 0 Å². The fourth-order valence-corrected chi connectivity index (χ4v) is 3.45. The number of carbonyl (C=O) groups is 2. The van der Waals surface area contributed by atoms with Crippen LogP contribution in [-0.2, 0) is 9.59 Å². The molecule has 26 heavy (non-hydrogen) atoms. The van der Waals surface area contributed by atoms with Crippen LogP contribution in [-0.4, -0.2) is 47.1 Å². The molecule has 140 valence electrons. The highest BCUT2D eigenvalue weighted by atomic mass is 16.4. The Labute approximate surface area is 155 Å². The van der Waals surface area contributed by atoms with E-state index in [1.54, 1.807) is 0 Å². The lowest BCUT2D eigenvalue weighted by Gasteiger charge is -2.42. The molecular weight excluding hydrogens is 328 g/mol. The molecule has 0 aromatic heterocycles. The first-order valence-corrected chi connectivity index (χ1v) is 9.57. The molecule has 2 aliphatic carbocycles. The van der Waals surface area contributed by atoms with Crippen molar-refractivity contribution < 1.29 is 14.7 Å². The Kier molecular flexibility index (Phi) is 6.45. The number of aliphatic carboxylic acids is 1. The summed E-state index contributed by atoms with van der Waals surface area (Å²) in [5.74, 6) is 0.000806. The zero-order chi connectivity index (χ0) is 18.4. The first kappa shape index (κ1) is 18.6. The van der Waals surface area contributed by atoms with Gasteiger partial charge < -0.3 is 10.4 Å². The average molecular weight is 356 g/mol. The smallest absolute Gasteiger partial charge is 0.317 e. The number of carboxylic acids is 1. The molecule has 2 N–H and O–H groups in total. The van der Waals surface area contributed by atoms with E-state index in [0.29, 0.717) is 18.4 Å². The lowest BCUT2D eigenvalue weighted by Crippen LogP contribution is -2.55. The largest absolute Gasteiger partial charge is 0.480 e. The van der Waals surface area contributed by atoms with Crippen LogP contribution in [0.5, 0.6) is 0 Å². The van der Waals surface area contributed by atoms with E-state index in [0.717, 1.165) is 31.4 Å². The van der Waals surface area contributed by atoms with Crippen molar-refractivity contribution in [3.05, 3.63) is 42.0 Å². The SMILES string of the molecule is O=C(O)CN(CC1CC1)C1CC(NC(=O)CC/C=C/c2ccccc2)C1. The summed E-state index contributed by atoms with van der Waals surface area (Å²) in [6.07, 6.45) is 9.46. The molecule has 5 nitrogen and oxygen atoms in total. The summed E-state index contributed by atoms with van der Waals surface area (Å²) in [4.78, 5) is 25.2. The Hall–Kier alpha value is -2.14. The summed E-state index contributed by atoms with van der Waals surface area (Å²) in [7, 11) is 0. The van der Waals surface area contributed by atoms with E-state index < -0.39 is 5.97 Å². The van der Waals surface area contributed by atoms with E-state index in [9.17, 15) is 9.59 Å². The van der Waals surface area contributed by atoms with Gasteiger partial charge in [-0.25, -0.2) is 0 Å². The summed E-state index contributed by atoms with van der Waals surface area (Å²) >= 11 is 0. The molecule has 1 aromatic carbocycles. The Balaban J connectivity index is 1.33. The third-order valence-electron chi connectivity index (χ3n) is 5.17. The lowest BCUT2D eigenvalue weighted by molar-refractivity contribution is -0.140. The molecule has 0 radical (unpaired) electrons. The van der Waals surface area contributed by atoms with Crippen molar-refractivity contribution >= 4 is 18.0 Å². The van der Waals surface area contributed by atoms with Gasteiger partial charge in [-0.05, 0) is 43.6 Å². The molecule has 2 fully saturated rings. The third-order valence-corrected chi connectivity index (χ3v) is 5.17. The van der Waals surface area contributed by atoms with Crippen molar-refractivity contribution in [3.63, 3.8) is 0 Å². The quantitative estimate of drug-likeness (QED) is 0.676. The fraction of sp³-hybridized carbons (Fsp3) is 0.524. The van der Waals surface area contributed by atoms with Gasteiger partial charge in [0.25, 0.3) is 0 Å². The van der Waals surface area contributed by atoms with Crippen LogP contribution in [0.2, 0.25) is 0 Å². The summed E-state index contributed by atoms with van der Waals surface area (Å²) in [5, 5.41) is 12.2. The standard InChI is InChI=1S/C21H28N2O3/c24-20(9-5-4-8-16-6-2-1-3-7-16)22-18-12-19(13-18)23(15-21(25)26)14-17-10-11-17/h1-4,6-8,17-19H,5,9-15H2,(H,22,24)(H,25,26)/b8-4+. The normalized spacial score (nSPS) is 22.3. The summed E-state index contributed by atoms with van der Waals surface area (Å²) < 4.78 is 0. The van der Waals surface area contributed by atoms with Crippen molar-refractivity contribution in [1.82, 2.24) is 10.2 Å². The van der Waals surface area contributed by atoms with Crippen molar-refractivity contribution in [3.8, 4) is 0 Å². The van der Waals surface area contributed by atoms with Crippen LogP contribution in [0.1, 0.15) is 44.1 Å². The third kappa shape index (κ3) is 5.99. The highest BCUT2D eigenvalue weighted by Crippen LogP contribution is 2.33. The maximum Gasteiger partial charge on any atom is 0.317 e. The Morgan fingerprint density at radius 1 is 1.19 bits per heavy atom. The molecule has 3 rings (SSSR count). The van der Waals surface area contributed by atoms with Gasteiger partial charge >= 0.3 is 5.97 Å². The number of nitrogens with one attached hydrogen (secondary N) is 1. The number of nitrogens with zero attached hydrogens (tertiary/aromatic N) is 1. The zero-order valence-corrected chi connectivity index (χ0v) is 15.1. The minimum absolute atomic E-state index is 0.0816. The number of allylic oxidation sites excluding steroid dienone is 1. The molecular formula is C21H28N2O3. The molecule has 0 unspecified atom stereocenters. The minimum atomic E-state index is -0.761. The molecule has 5 heteroatoms. The highest BCUT2D eigenvalue weighted by molar-refractivity contribution is 5.76. The summed E-state index contributed by atoms with van der Waals surface area (Å²) in [6, 6.07) is 10.5. The highest BCUT2D eigenvalue weighted by Gasteiger charge is 2.37. The van der Waals surface area contributed by atoms with Crippen LogP contribution >= 0.6 is 0 Å². The van der Waals surface area contributed by atoms with Crippen molar-refractivity contribution in [1.29, 1.82) is 0 Å². The van der Waals surface area contributed by atoms with Gasteiger partial charge in [0.05, 0.1) is 6.54 Å². The van der Waals surface area contributed by atoms with Gasteiger partial charge in [-0.15, -0.1) is 0 Å². The first-order valence-electron chi connectivity index (χ1n) is 9.57. The zero-order valence-electron chi connectivity index (χ0n) is 15.1. The minimum Gasteiger partial charge on any atom is -0.480 e. The van der Waals surface area contributed by atoms with E-state index in [1.165, 1.54) is 12.8 Å². The van der Waals surface area contributed by atoms with E-state index in [-0.39, 0.29) is 18.5 Å². The number of hydrogen-bond acceptors (Lipinski definition) is 3. The molecule has 2 aliphatic rings. The number of rotatable bonds is 10. The average Bonchev–Trinajstić information content (AvgIpc) is 3.38. The van der Waals surface area contributed by atoms with Crippen LogP contribution in [0.25, 0.3) is 6.08 Å².